The number of hydrogen-bond acceptors (Lipinski definition) is 5. The number of morpholine rings is 1. The highest BCUT2D eigenvalue weighted by molar-refractivity contribution is 5.98. The molecule has 0 aliphatic carbocycles. The average Bonchev–Trinajstić information content (AvgIpc) is 2.99. The summed E-state index contributed by atoms with van der Waals surface area (Å²) in [5.74, 6) is 1.21. The molecule has 26 heavy (non-hydrogen) atoms. The second-order valence-electron chi connectivity index (χ2n) is 6.45. The Labute approximate surface area is 149 Å². The number of rotatable bonds is 2. The van der Waals surface area contributed by atoms with Crippen LogP contribution in [0.2, 0.25) is 0 Å². The summed E-state index contributed by atoms with van der Waals surface area (Å²) >= 11 is 0. The van der Waals surface area contributed by atoms with Gasteiger partial charge in [-0.15, -0.1) is 0 Å². The first-order chi connectivity index (χ1) is 12.5. The Bertz CT molecular complexity index is 1040. The molecule has 1 amide bonds. The number of hydrogen-bond donors (Lipinski definition) is 1. The molecule has 1 aliphatic rings. The molecule has 0 spiro atoms. The first kappa shape index (κ1) is 16.5. The fourth-order valence-electron chi connectivity index (χ4n) is 3.34. The molecule has 0 saturated carbocycles. The van der Waals surface area contributed by atoms with Gasteiger partial charge in [0.15, 0.2) is 0 Å². The van der Waals surface area contributed by atoms with Gasteiger partial charge < -0.3 is 19.0 Å². The predicted molar refractivity (Wildman–Crippen MR) is 95.1 cm³/mol. The van der Waals surface area contributed by atoms with Crippen molar-refractivity contribution in [2.45, 2.75) is 19.9 Å². The molecule has 1 atom stereocenters. The van der Waals surface area contributed by atoms with Crippen molar-refractivity contribution in [2.75, 3.05) is 19.8 Å². The van der Waals surface area contributed by atoms with Crippen molar-refractivity contribution >= 4 is 16.9 Å². The lowest BCUT2D eigenvalue weighted by molar-refractivity contribution is -0.00400. The van der Waals surface area contributed by atoms with E-state index in [2.05, 4.69) is 9.97 Å². The molecule has 0 radical (unpaired) electrons. The Kier molecular flexibility index (Phi) is 4.08. The quantitative estimate of drug-likeness (QED) is 0.764. The Balaban J connectivity index is 1.70. The molecule has 0 bridgehead atoms. The lowest BCUT2D eigenvalue weighted by Crippen LogP contribution is -2.44. The summed E-state index contributed by atoms with van der Waals surface area (Å²) in [5, 5.41) is 0.892. The maximum absolute atomic E-state index is 13.1. The van der Waals surface area contributed by atoms with Crippen LogP contribution in [0.1, 0.15) is 33.7 Å². The lowest BCUT2D eigenvalue weighted by Gasteiger charge is -2.35. The van der Waals surface area contributed by atoms with Gasteiger partial charge in [0.05, 0.1) is 24.9 Å². The van der Waals surface area contributed by atoms with Crippen LogP contribution in [0.5, 0.6) is 0 Å². The zero-order valence-electron chi connectivity index (χ0n) is 14.6. The van der Waals surface area contributed by atoms with E-state index in [1.54, 1.807) is 24.0 Å². The van der Waals surface area contributed by atoms with E-state index in [4.69, 9.17) is 9.15 Å². The Hall–Kier alpha value is -2.93. The van der Waals surface area contributed by atoms with Crippen LogP contribution in [0.4, 0.5) is 0 Å². The summed E-state index contributed by atoms with van der Waals surface area (Å²) < 4.78 is 11.1. The van der Waals surface area contributed by atoms with E-state index in [1.165, 1.54) is 6.07 Å². The number of ether oxygens (including phenoxy) is 1. The van der Waals surface area contributed by atoms with Crippen molar-refractivity contribution in [1.82, 2.24) is 14.9 Å². The third kappa shape index (κ3) is 3.01. The number of nitrogens with zero attached hydrogens (tertiary/aromatic N) is 2. The van der Waals surface area contributed by atoms with Crippen LogP contribution in [-0.4, -0.2) is 40.5 Å². The van der Waals surface area contributed by atoms with E-state index in [-0.39, 0.29) is 17.5 Å². The van der Waals surface area contributed by atoms with E-state index in [1.807, 2.05) is 19.1 Å². The zero-order valence-corrected chi connectivity index (χ0v) is 14.6. The maximum atomic E-state index is 13.1. The molecule has 1 aliphatic heterocycles. The van der Waals surface area contributed by atoms with Crippen LogP contribution >= 0.6 is 0 Å². The first-order valence-electron chi connectivity index (χ1n) is 8.48. The molecule has 4 rings (SSSR count). The molecule has 7 heteroatoms. The van der Waals surface area contributed by atoms with Gasteiger partial charge in [0, 0.05) is 23.6 Å². The number of benzene rings is 1. The van der Waals surface area contributed by atoms with Crippen molar-refractivity contribution in [3.63, 3.8) is 0 Å². The molecule has 1 saturated heterocycles. The molecule has 3 heterocycles. The van der Waals surface area contributed by atoms with Gasteiger partial charge in [-0.1, -0.05) is 0 Å². The number of aryl methyl sites for hydroxylation is 2. The molecule has 0 unspecified atom stereocenters. The first-order valence-corrected chi connectivity index (χ1v) is 8.48. The minimum absolute atomic E-state index is 0.112. The smallest absolute Gasteiger partial charge is 0.254 e. The van der Waals surface area contributed by atoms with Gasteiger partial charge in [0.1, 0.15) is 17.2 Å². The number of H-pyrrole nitrogens is 1. The van der Waals surface area contributed by atoms with Gasteiger partial charge >= 0.3 is 0 Å². The van der Waals surface area contributed by atoms with E-state index in [9.17, 15) is 9.59 Å². The highest BCUT2D eigenvalue weighted by Gasteiger charge is 2.31. The van der Waals surface area contributed by atoms with E-state index in [0.29, 0.717) is 36.8 Å². The molecule has 1 N–H and O–H groups in total. The number of aromatic nitrogens is 2. The normalized spacial score (nSPS) is 17.6. The largest absolute Gasteiger partial charge is 0.461 e. The van der Waals surface area contributed by atoms with Crippen LogP contribution in [-0.2, 0) is 4.74 Å². The highest BCUT2D eigenvalue weighted by atomic mass is 16.5. The van der Waals surface area contributed by atoms with Gasteiger partial charge in [-0.25, -0.2) is 4.98 Å². The molecule has 1 fully saturated rings. The summed E-state index contributed by atoms with van der Waals surface area (Å²) in [6.45, 7) is 4.81. The van der Waals surface area contributed by atoms with Crippen molar-refractivity contribution < 1.29 is 13.9 Å². The number of amides is 1. The predicted octanol–water partition coefficient (Wildman–Crippen LogP) is 2.35. The van der Waals surface area contributed by atoms with Crippen LogP contribution in [0.25, 0.3) is 11.0 Å². The Morgan fingerprint density at radius 2 is 2.12 bits per heavy atom. The summed E-state index contributed by atoms with van der Waals surface area (Å²) in [6.07, 6.45) is 0. The number of carbonyl (C=O) groups excluding carboxylic acids is 1. The molecular formula is C19H19N3O4. The second-order valence-corrected chi connectivity index (χ2v) is 6.45. The van der Waals surface area contributed by atoms with Gasteiger partial charge in [0.25, 0.3) is 11.5 Å². The van der Waals surface area contributed by atoms with Crippen molar-refractivity contribution in [3.05, 3.63) is 63.5 Å². The number of fused-ring (bicyclic) bond motifs is 1. The minimum Gasteiger partial charge on any atom is -0.461 e. The van der Waals surface area contributed by atoms with Crippen molar-refractivity contribution in [3.8, 4) is 0 Å². The van der Waals surface area contributed by atoms with Crippen LogP contribution in [0, 0.1) is 13.8 Å². The average molecular weight is 353 g/mol. The van der Waals surface area contributed by atoms with E-state index >= 15 is 0 Å². The van der Waals surface area contributed by atoms with Gasteiger partial charge in [-0.05, 0) is 38.1 Å². The summed E-state index contributed by atoms with van der Waals surface area (Å²) in [6, 6.07) is 8.34. The fourth-order valence-corrected chi connectivity index (χ4v) is 3.34. The summed E-state index contributed by atoms with van der Waals surface area (Å²) in [5.41, 5.74) is 1.64. The molecule has 1 aromatic carbocycles. The molecular weight excluding hydrogens is 334 g/mol. The fraction of sp³-hybridized carbons (Fsp3) is 0.316. The monoisotopic (exact) mass is 353 g/mol. The van der Waals surface area contributed by atoms with Gasteiger partial charge in [0.2, 0.25) is 0 Å². The van der Waals surface area contributed by atoms with Crippen molar-refractivity contribution in [2.24, 2.45) is 0 Å². The Morgan fingerprint density at radius 3 is 2.92 bits per heavy atom. The molecule has 2 aromatic heterocycles. The lowest BCUT2D eigenvalue weighted by atomic mass is 10.1. The molecule has 3 aromatic rings. The topological polar surface area (TPSA) is 88.4 Å². The Morgan fingerprint density at radius 1 is 1.27 bits per heavy atom. The number of nitrogens with one attached hydrogen (secondary N) is 1. The van der Waals surface area contributed by atoms with E-state index < -0.39 is 0 Å². The minimum atomic E-state index is -0.390. The van der Waals surface area contributed by atoms with Crippen LogP contribution < -0.4 is 5.56 Å². The summed E-state index contributed by atoms with van der Waals surface area (Å²) in [7, 11) is 0. The second kappa shape index (κ2) is 6.42. The zero-order chi connectivity index (χ0) is 18.3. The van der Waals surface area contributed by atoms with Crippen molar-refractivity contribution in [1.29, 1.82) is 0 Å². The highest BCUT2D eigenvalue weighted by Crippen LogP contribution is 2.26. The maximum Gasteiger partial charge on any atom is 0.254 e. The number of aromatic amines is 1. The van der Waals surface area contributed by atoms with Crippen LogP contribution in [0.15, 0.2) is 39.5 Å². The SMILES string of the molecule is Cc1nc([C@H]2COCCN2C(=O)c2ccc3oc(C)cc3c2)cc(=O)[nH]1. The van der Waals surface area contributed by atoms with Gasteiger partial charge in [-0.2, -0.15) is 0 Å². The number of furan rings is 1. The summed E-state index contributed by atoms with van der Waals surface area (Å²) in [4.78, 5) is 33.7. The van der Waals surface area contributed by atoms with E-state index in [0.717, 1.165) is 16.7 Å². The molecule has 134 valence electrons. The van der Waals surface area contributed by atoms with Gasteiger partial charge in [-0.3, -0.25) is 9.59 Å². The van der Waals surface area contributed by atoms with Crippen LogP contribution in [0.3, 0.4) is 0 Å². The third-order valence-corrected chi connectivity index (χ3v) is 4.50. The third-order valence-electron chi connectivity index (χ3n) is 4.50. The number of carbonyl (C=O) groups is 1. The standard InChI is InChI=1S/C19H19N3O4/c1-11-7-14-8-13(3-4-17(14)26-11)19(24)22-5-6-25-10-16(22)15-9-18(23)21-12(2)20-15/h3-4,7-9,16H,5-6,10H2,1-2H3,(H,20,21,23)/t16-/m1/s1. The molecule has 7 nitrogen and oxygen atoms in total.